The van der Waals surface area contributed by atoms with Crippen molar-refractivity contribution >= 4 is 33.3 Å². The van der Waals surface area contributed by atoms with E-state index in [0.717, 1.165) is 18.4 Å². The smallest absolute Gasteiger partial charge is 0.323 e. The zero-order chi connectivity index (χ0) is 36.4. The van der Waals surface area contributed by atoms with E-state index in [4.69, 9.17) is 14.2 Å². The number of carbonyl (C=O) groups is 2. The number of benzene rings is 3. The van der Waals surface area contributed by atoms with Gasteiger partial charge in [-0.2, -0.15) is 4.31 Å². The summed E-state index contributed by atoms with van der Waals surface area (Å²) < 4.78 is 46.1. The average molecular weight is 711 g/mol. The van der Waals surface area contributed by atoms with Crippen molar-refractivity contribution in [1.82, 2.24) is 9.21 Å². The highest BCUT2D eigenvalue weighted by atomic mass is 32.2. The molecule has 0 bridgehead atoms. The quantitative estimate of drug-likeness (QED) is 0.254. The van der Waals surface area contributed by atoms with Gasteiger partial charge in [-0.05, 0) is 94.6 Å². The number of nitrogens with one attached hydrogen (secondary N) is 2. The molecule has 0 saturated carbocycles. The van der Waals surface area contributed by atoms with Crippen LogP contribution in [0.4, 0.5) is 16.2 Å². The van der Waals surface area contributed by atoms with Crippen LogP contribution in [-0.2, 0) is 14.8 Å². The van der Waals surface area contributed by atoms with Crippen LogP contribution in [0.5, 0.6) is 11.5 Å². The van der Waals surface area contributed by atoms with Gasteiger partial charge < -0.3 is 34.9 Å². The molecular formula is C37H50N4O8S. The van der Waals surface area contributed by atoms with Gasteiger partial charge in [0.25, 0.3) is 5.91 Å². The van der Waals surface area contributed by atoms with Crippen molar-refractivity contribution in [2.75, 3.05) is 51.1 Å². The number of rotatable bonds is 9. The minimum absolute atomic E-state index is 0.0698. The lowest BCUT2D eigenvalue weighted by molar-refractivity contribution is -0.00833. The summed E-state index contributed by atoms with van der Waals surface area (Å²) in [5.41, 5.74) is 2.11. The van der Waals surface area contributed by atoms with Gasteiger partial charge in [-0.25, -0.2) is 13.2 Å². The number of ether oxygens (including phenoxy) is 3. The van der Waals surface area contributed by atoms with Crippen LogP contribution in [0.25, 0.3) is 0 Å². The van der Waals surface area contributed by atoms with E-state index < -0.39 is 34.1 Å². The lowest BCUT2D eigenvalue weighted by atomic mass is 10.0. The normalized spacial score (nSPS) is 19.9. The number of aliphatic hydroxyl groups is 1. The molecule has 4 atom stereocenters. The fourth-order valence-corrected chi connectivity index (χ4v) is 6.86. The first-order valence-corrected chi connectivity index (χ1v) is 18.4. The van der Waals surface area contributed by atoms with Gasteiger partial charge in [0.2, 0.25) is 10.0 Å². The van der Waals surface area contributed by atoms with Gasteiger partial charge in [-0.15, -0.1) is 0 Å². The highest BCUT2D eigenvalue weighted by Crippen LogP contribution is 2.29. The van der Waals surface area contributed by atoms with E-state index in [2.05, 4.69) is 10.6 Å². The molecule has 12 nitrogen and oxygen atoms in total. The van der Waals surface area contributed by atoms with Crippen molar-refractivity contribution in [2.45, 2.75) is 70.1 Å². The summed E-state index contributed by atoms with van der Waals surface area (Å²) in [4.78, 5) is 29.0. The van der Waals surface area contributed by atoms with Crippen molar-refractivity contribution in [3.8, 4) is 11.5 Å². The second-order valence-electron chi connectivity index (χ2n) is 12.9. The maximum Gasteiger partial charge on any atom is 0.323 e. The zero-order valence-corrected chi connectivity index (χ0v) is 30.5. The minimum Gasteiger partial charge on any atom is -0.497 e. The minimum atomic E-state index is -3.80. The molecule has 0 fully saturated rings. The zero-order valence-electron chi connectivity index (χ0n) is 29.7. The number of urea groups is 1. The Hall–Kier alpha value is -4.17. The fraction of sp³-hybridized carbons (Fsp3) is 0.459. The summed E-state index contributed by atoms with van der Waals surface area (Å²) in [6.45, 7) is 7.82. The Balaban J connectivity index is 1.61. The van der Waals surface area contributed by atoms with E-state index in [1.807, 2.05) is 20.8 Å². The Morgan fingerprint density at radius 3 is 2.36 bits per heavy atom. The van der Waals surface area contributed by atoms with Crippen LogP contribution in [-0.4, -0.2) is 93.4 Å². The highest BCUT2D eigenvalue weighted by molar-refractivity contribution is 7.89. The third-order valence-electron chi connectivity index (χ3n) is 8.82. The molecule has 272 valence electrons. The molecule has 1 aliphatic rings. The van der Waals surface area contributed by atoms with E-state index in [1.54, 1.807) is 85.7 Å². The van der Waals surface area contributed by atoms with Crippen LogP contribution in [0, 0.1) is 12.8 Å². The van der Waals surface area contributed by atoms with Crippen LogP contribution in [0.3, 0.4) is 0 Å². The van der Waals surface area contributed by atoms with Crippen LogP contribution in [0.15, 0.2) is 71.6 Å². The topological polar surface area (TPSA) is 147 Å². The molecule has 1 aliphatic heterocycles. The van der Waals surface area contributed by atoms with Crippen LogP contribution in [0.1, 0.15) is 56.0 Å². The molecule has 4 rings (SSSR count). The SMILES string of the molecule is COc1ccc(NC(=O)Nc2ccc3c(c2)C(=O)N([C@@H](C)CO)C[C@@H](C)[C@H](CN(C)S(=O)(=O)c2ccc(C)cc2)OCCCC[C@@H](C)O3)cc1. The molecule has 3 amide bonds. The second-order valence-corrected chi connectivity index (χ2v) is 15.0. The first-order chi connectivity index (χ1) is 23.8. The van der Waals surface area contributed by atoms with Crippen molar-refractivity contribution in [3.05, 3.63) is 77.9 Å². The number of likely N-dealkylation sites (N-methyl/N-ethyl adjacent to an activating group) is 1. The third-order valence-corrected chi connectivity index (χ3v) is 10.7. The van der Waals surface area contributed by atoms with Crippen molar-refractivity contribution < 1.29 is 37.3 Å². The predicted octanol–water partition coefficient (Wildman–Crippen LogP) is 5.76. The van der Waals surface area contributed by atoms with Crippen LogP contribution < -0.4 is 20.1 Å². The second kappa shape index (κ2) is 17.7. The van der Waals surface area contributed by atoms with Crippen molar-refractivity contribution in [2.24, 2.45) is 5.92 Å². The summed E-state index contributed by atoms with van der Waals surface area (Å²) in [5, 5.41) is 15.8. The van der Waals surface area contributed by atoms with E-state index in [9.17, 15) is 23.1 Å². The number of sulfonamides is 1. The molecular weight excluding hydrogens is 660 g/mol. The summed E-state index contributed by atoms with van der Waals surface area (Å²) in [7, 11) is -0.706. The molecule has 0 aromatic heterocycles. The van der Waals surface area contributed by atoms with Crippen LogP contribution in [0.2, 0.25) is 0 Å². The summed E-state index contributed by atoms with van der Waals surface area (Å²) in [5.74, 6) is 0.283. The molecule has 13 heteroatoms. The third kappa shape index (κ3) is 10.2. The number of amides is 3. The van der Waals surface area contributed by atoms with Gasteiger partial charge in [0.15, 0.2) is 0 Å². The number of aryl methyl sites for hydroxylation is 1. The molecule has 3 N–H and O–H groups in total. The van der Waals surface area contributed by atoms with Gasteiger partial charge in [-0.1, -0.05) is 24.6 Å². The number of nitrogens with zero attached hydrogens (tertiary/aromatic N) is 2. The molecule has 0 spiro atoms. The monoisotopic (exact) mass is 710 g/mol. The van der Waals surface area contributed by atoms with E-state index >= 15 is 0 Å². The van der Waals surface area contributed by atoms with Crippen LogP contribution >= 0.6 is 0 Å². The number of aliphatic hydroxyl groups excluding tert-OH is 1. The van der Waals surface area contributed by atoms with Gasteiger partial charge in [0, 0.05) is 44.0 Å². The summed E-state index contributed by atoms with van der Waals surface area (Å²) in [6, 6.07) is 17.4. The summed E-state index contributed by atoms with van der Waals surface area (Å²) >= 11 is 0. The first kappa shape index (κ1) is 38.6. The molecule has 50 heavy (non-hydrogen) atoms. The Kier molecular flexibility index (Phi) is 13.6. The van der Waals surface area contributed by atoms with Gasteiger partial charge >= 0.3 is 6.03 Å². The Morgan fingerprint density at radius 2 is 1.70 bits per heavy atom. The number of hydrogen-bond acceptors (Lipinski definition) is 8. The van der Waals surface area contributed by atoms with Gasteiger partial charge in [0.05, 0.1) is 42.4 Å². The molecule has 0 aliphatic carbocycles. The molecule has 3 aromatic carbocycles. The highest BCUT2D eigenvalue weighted by Gasteiger charge is 2.32. The fourth-order valence-electron chi connectivity index (χ4n) is 5.67. The van der Waals surface area contributed by atoms with Gasteiger partial charge in [0.1, 0.15) is 11.5 Å². The number of anilines is 2. The largest absolute Gasteiger partial charge is 0.497 e. The van der Waals surface area contributed by atoms with E-state index in [0.29, 0.717) is 35.9 Å². The molecule has 0 radical (unpaired) electrons. The lowest BCUT2D eigenvalue weighted by Crippen LogP contribution is -2.48. The molecule has 3 aromatic rings. The Labute approximate surface area is 295 Å². The molecule has 0 saturated heterocycles. The molecule has 0 unspecified atom stereocenters. The van der Waals surface area contributed by atoms with Crippen molar-refractivity contribution in [3.63, 3.8) is 0 Å². The van der Waals surface area contributed by atoms with Crippen molar-refractivity contribution in [1.29, 1.82) is 0 Å². The maximum absolute atomic E-state index is 14.4. The number of carbonyl (C=O) groups excluding carboxylic acids is 2. The van der Waals surface area contributed by atoms with E-state index in [-0.39, 0.29) is 42.2 Å². The number of fused-ring (bicyclic) bond motifs is 1. The Morgan fingerprint density at radius 1 is 1.04 bits per heavy atom. The first-order valence-electron chi connectivity index (χ1n) is 16.9. The number of methoxy groups -OCH3 is 1. The number of hydrogen-bond donors (Lipinski definition) is 3. The average Bonchev–Trinajstić information content (AvgIpc) is 3.09. The maximum atomic E-state index is 14.4. The lowest BCUT2D eigenvalue weighted by Gasteiger charge is -2.35. The molecule has 1 heterocycles. The van der Waals surface area contributed by atoms with Gasteiger partial charge in [-0.3, -0.25) is 4.79 Å². The predicted molar refractivity (Wildman–Crippen MR) is 194 cm³/mol. The summed E-state index contributed by atoms with van der Waals surface area (Å²) in [6.07, 6.45) is 1.44. The Bertz CT molecular complexity index is 1680. The van der Waals surface area contributed by atoms with E-state index in [1.165, 1.54) is 11.4 Å². The standard InChI is InChI=1S/C37H50N4O8S/c1-25-10-17-32(18-11-25)50(45,46)40(5)23-35-26(2)22-41(27(3)24-42)36(43)33-21-30(14-19-34(33)49-28(4)9-7-8-20-48-35)39-37(44)38-29-12-15-31(47-6)16-13-29/h10-19,21,26-28,35,42H,7-9,20,22-24H2,1-6H3,(H2,38,39,44)/t26-,27+,28-,35+/m1/s1.